The molecule has 1 aliphatic heterocycles. The number of sulfonamides is 1. The van der Waals surface area contributed by atoms with Crippen molar-refractivity contribution in [3.8, 4) is 0 Å². The summed E-state index contributed by atoms with van der Waals surface area (Å²) in [6, 6.07) is 15.2. The van der Waals surface area contributed by atoms with E-state index < -0.39 is 10.0 Å². The fourth-order valence-corrected chi connectivity index (χ4v) is 6.12. The summed E-state index contributed by atoms with van der Waals surface area (Å²) in [5.41, 5.74) is 1.67. The van der Waals surface area contributed by atoms with E-state index in [0.717, 1.165) is 12.8 Å². The normalized spacial score (nSPS) is 16.7. The van der Waals surface area contributed by atoms with Gasteiger partial charge in [-0.25, -0.2) is 12.7 Å². The summed E-state index contributed by atoms with van der Waals surface area (Å²) in [7, 11) is -3.56. The third-order valence-corrected chi connectivity index (χ3v) is 8.22. The largest absolute Gasteiger partial charge is 0.353 e. The SMILES string of the molecule is C[C@@H](CCc1ccccc1)NC(=O)C1CCN(S(=O)(=O)Cc2c(Cl)cccc2Cl)CC1. The maximum Gasteiger partial charge on any atom is 0.223 e. The van der Waals surface area contributed by atoms with Crippen molar-refractivity contribution in [3.05, 3.63) is 69.7 Å². The van der Waals surface area contributed by atoms with Gasteiger partial charge in [-0.2, -0.15) is 0 Å². The Labute approximate surface area is 194 Å². The molecule has 1 N–H and O–H groups in total. The van der Waals surface area contributed by atoms with Gasteiger partial charge >= 0.3 is 0 Å². The number of nitrogens with one attached hydrogen (secondary N) is 1. The fraction of sp³-hybridized carbons (Fsp3) is 0.435. The van der Waals surface area contributed by atoms with E-state index in [0.29, 0.717) is 41.5 Å². The monoisotopic (exact) mass is 482 g/mol. The quantitative estimate of drug-likeness (QED) is 0.594. The number of nitrogens with zero attached hydrogens (tertiary/aromatic N) is 1. The van der Waals surface area contributed by atoms with E-state index in [2.05, 4.69) is 17.4 Å². The minimum absolute atomic E-state index is 0.00626. The van der Waals surface area contributed by atoms with E-state index in [1.807, 2.05) is 25.1 Å². The van der Waals surface area contributed by atoms with Crippen molar-refractivity contribution >= 4 is 39.1 Å². The van der Waals surface area contributed by atoms with Crippen LogP contribution in [0.3, 0.4) is 0 Å². The molecule has 5 nitrogen and oxygen atoms in total. The number of hydrogen-bond acceptors (Lipinski definition) is 3. The summed E-state index contributed by atoms with van der Waals surface area (Å²) < 4.78 is 27.1. The lowest BCUT2D eigenvalue weighted by Gasteiger charge is -2.31. The number of halogens is 2. The van der Waals surface area contributed by atoms with Crippen LogP contribution in [0.25, 0.3) is 0 Å². The predicted molar refractivity (Wildman–Crippen MR) is 126 cm³/mol. The molecule has 1 aliphatic rings. The Kier molecular flexibility index (Phi) is 8.39. The lowest BCUT2D eigenvalue weighted by Crippen LogP contribution is -2.45. The van der Waals surface area contributed by atoms with Crippen LogP contribution in [0.5, 0.6) is 0 Å². The van der Waals surface area contributed by atoms with E-state index in [1.165, 1.54) is 9.87 Å². The number of benzene rings is 2. The fourth-order valence-electron chi connectivity index (χ4n) is 3.80. The second kappa shape index (κ2) is 10.8. The number of piperidine rings is 1. The molecule has 3 rings (SSSR count). The van der Waals surface area contributed by atoms with Crippen LogP contribution >= 0.6 is 23.2 Å². The Hall–Kier alpha value is -1.60. The molecule has 1 saturated heterocycles. The zero-order valence-corrected chi connectivity index (χ0v) is 19.9. The minimum atomic E-state index is -3.56. The molecular formula is C23H28Cl2N2O3S. The molecule has 0 bridgehead atoms. The van der Waals surface area contributed by atoms with Crippen LogP contribution < -0.4 is 5.32 Å². The first-order valence-corrected chi connectivity index (χ1v) is 12.9. The standard InChI is InChI=1S/C23H28Cl2N2O3S/c1-17(10-11-18-6-3-2-4-7-18)26-23(28)19-12-14-27(15-13-19)31(29,30)16-20-21(24)8-5-9-22(20)25/h2-9,17,19H,10-16H2,1H3,(H,26,28)/t17-/m0/s1. The van der Waals surface area contributed by atoms with Gasteiger partial charge in [0.05, 0.1) is 5.75 Å². The van der Waals surface area contributed by atoms with E-state index in [9.17, 15) is 13.2 Å². The smallest absolute Gasteiger partial charge is 0.223 e. The molecule has 1 atom stereocenters. The first kappa shape index (κ1) is 24.1. The molecule has 8 heteroatoms. The second-order valence-corrected chi connectivity index (χ2v) is 10.8. The lowest BCUT2D eigenvalue weighted by atomic mass is 9.96. The molecule has 168 valence electrons. The minimum Gasteiger partial charge on any atom is -0.353 e. The Balaban J connectivity index is 1.48. The number of amides is 1. The first-order valence-electron chi connectivity index (χ1n) is 10.5. The molecule has 0 radical (unpaired) electrons. The van der Waals surface area contributed by atoms with Crippen molar-refractivity contribution in [2.45, 2.75) is 44.4 Å². The van der Waals surface area contributed by atoms with Crippen molar-refractivity contribution in [2.75, 3.05) is 13.1 Å². The van der Waals surface area contributed by atoms with Crippen molar-refractivity contribution in [1.29, 1.82) is 0 Å². The van der Waals surface area contributed by atoms with Crippen molar-refractivity contribution < 1.29 is 13.2 Å². The average Bonchev–Trinajstić information content (AvgIpc) is 2.76. The van der Waals surface area contributed by atoms with Gasteiger partial charge in [-0.3, -0.25) is 4.79 Å². The molecule has 0 aromatic heterocycles. The molecule has 31 heavy (non-hydrogen) atoms. The Morgan fingerprint density at radius 2 is 1.68 bits per heavy atom. The number of carbonyl (C=O) groups excluding carboxylic acids is 1. The Morgan fingerprint density at radius 3 is 2.29 bits per heavy atom. The zero-order valence-electron chi connectivity index (χ0n) is 17.6. The number of hydrogen-bond donors (Lipinski definition) is 1. The van der Waals surface area contributed by atoms with Crippen molar-refractivity contribution in [2.24, 2.45) is 5.92 Å². The van der Waals surface area contributed by atoms with Gasteiger partial charge in [-0.15, -0.1) is 0 Å². The van der Waals surface area contributed by atoms with Crippen LogP contribution in [-0.2, 0) is 27.0 Å². The van der Waals surface area contributed by atoms with E-state index in [-0.39, 0.29) is 23.6 Å². The van der Waals surface area contributed by atoms with Gasteiger partial charge in [0.15, 0.2) is 0 Å². The lowest BCUT2D eigenvalue weighted by molar-refractivity contribution is -0.126. The molecule has 0 aliphatic carbocycles. The van der Waals surface area contributed by atoms with Crippen LogP contribution in [-0.4, -0.2) is 37.8 Å². The van der Waals surface area contributed by atoms with Gasteiger partial charge < -0.3 is 5.32 Å². The zero-order chi connectivity index (χ0) is 22.4. The number of aryl methyl sites for hydroxylation is 1. The molecule has 0 saturated carbocycles. The third kappa shape index (κ3) is 6.69. The Bertz CT molecular complexity index is 971. The summed E-state index contributed by atoms with van der Waals surface area (Å²) in [5, 5.41) is 3.77. The molecule has 0 unspecified atom stereocenters. The molecule has 1 amide bonds. The maximum atomic E-state index is 12.8. The van der Waals surface area contributed by atoms with Gasteiger partial charge in [0.25, 0.3) is 0 Å². The molecular weight excluding hydrogens is 455 g/mol. The summed E-state index contributed by atoms with van der Waals surface area (Å²) in [4.78, 5) is 12.6. The van der Waals surface area contributed by atoms with E-state index in [1.54, 1.807) is 18.2 Å². The van der Waals surface area contributed by atoms with Crippen LogP contribution in [0.15, 0.2) is 48.5 Å². The van der Waals surface area contributed by atoms with Crippen molar-refractivity contribution in [1.82, 2.24) is 9.62 Å². The number of carbonyl (C=O) groups is 1. The van der Waals surface area contributed by atoms with Gasteiger partial charge in [-0.1, -0.05) is 59.6 Å². The topological polar surface area (TPSA) is 66.5 Å². The van der Waals surface area contributed by atoms with E-state index >= 15 is 0 Å². The average molecular weight is 483 g/mol. The van der Waals surface area contributed by atoms with Gasteiger partial charge in [0.2, 0.25) is 15.9 Å². The molecule has 2 aromatic rings. The van der Waals surface area contributed by atoms with Crippen molar-refractivity contribution in [3.63, 3.8) is 0 Å². The summed E-state index contributed by atoms with van der Waals surface area (Å²) in [5.74, 6) is -0.403. The molecule has 0 spiro atoms. The van der Waals surface area contributed by atoms with Gasteiger partial charge in [0.1, 0.15) is 0 Å². The van der Waals surface area contributed by atoms with Gasteiger partial charge in [-0.05, 0) is 50.3 Å². The van der Waals surface area contributed by atoms with E-state index in [4.69, 9.17) is 23.2 Å². The molecule has 1 fully saturated rings. The van der Waals surface area contributed by atoms with Crippen LogP contribution in [0, 0.1) is 5.92 Å². The predicted octanol–water partition coefficient (Wildman–Crippen LogP) is 4.67. The third-order valence-electron chi connectivity index (χ3n) is 5.70. The summed E-state index contributed by atoms with van der Waals surface area (Å²) in [6.45, 7) is 2.65. The molecule has 2 aromatic carbocycles. The highest BCUT2D eigenvalue weighted by Crippen LogP contribution is 2.29. The maximum absolute atomic E-state index is 12.8. The van der Waals surface area contributed by atoms with Crippen LogP contribution in [0.2, 0.25) is 10.0 Å². The second-order valence-electron chi connectivity index (χ2n) is 8.06. The van der Waals surface area contributed by atoms with Crippen LogP contribution in [0.1, 0.15) is 37.3 Å². The molecule has 1 heterocycles. The number of rotatable bonds is 8. The summed E-state index contributed by atoms with van der Waals surface area (Å²) >= 11 is 12.3. The Morgan fingerprint density at radius 1 is 1.06 bits per heavy atom. The van der Waals surface area contributed by atoms with Crippen LogP contribution in [0.4, 0.5) is 0 Å². The summed E-state index contributed by atoms with van der Waals surface area (Å²) in [6.07, 6.45) is 2.78. The highest BCUT2D eigenvalue weighted by atomic mass is 35.5. The first-order chi connectivity index (χ1) is 14.8. The highest BCUT2D eigenvalue weighted by Gasteiger charge is 2.32. The highest BCUT2D eigenvalue weighted by molar-refractivity contribution is 7.88. The van der Waals surface area contributed by atoms with Gasteiger partial charge in [0, 0.05) is 40.7 Å².